The maximum Gasteiger partial charge on any atom is 0.287 e. The van der Waals surface area contributed by atoms with E-state index in [1.54, 1.807) is 18.2 Å². The zero-order chi connectivity index (χ0) is 20.1. The highest BCUT2D eigenvalue weighted by molar-refractivity contribution is 8.00. The second-order valence-corrected chi connectivity index (χ2v) is 7.05. The maximum absolute atomic E-state index is 12.3. The number of ether oxygens (including phenoxy) is 2. The van der Waals surface area contributed by atoms with Crippen molar-refractivity contribution < 1.29 is 19.1 Å². The Bertz CT molecular complexity index is 965. The summed E-state index contributed by atoms with van der Waals surface area (Å²) in [5, 5.41) is 9.02. The number of hydrogen-bond donors (Lipinski definition) is 2. The zero-order valence-corrected chi connectivity index (χ0v) is 16.4. The molecule has 0 atom stereocenters. The second-order valence-electron chi connectivity index (χ2n) is 5.65. The Labute approximate surface area is 169 Å². The maximum atomic E-state index is 12.3. The number of anilines is 1. The van der Waals surface area contributed by atoms with Crippen LogP contribution < -0.4 is 25.7 Å². The Morgan fingerprint density at radius 1 is 1.25 bits per heavy atom. The average Bonchev–Trinajstić information content (AvgIpc) is 2.70. The number of hydrogen-bond acceptors (Lipinski definition) is 7. The lowest BCUT2D eigenvalue weighted by molar-refractivity contribution is -0.118. The van der Waals surface area contributed by atoms with E-state index in [0.29, 0.717) is 35.3 Å². The number of halogens is 1. The molecule has 0 unspecified atom stereocenters. The Morgan fingerprint density at radius 2 is 2.00 bits per heavy atom. The Balaban J connectivity index is 1.66. The van der Waals surface area contributed by atoms with Crippen molar-refractivity contribution in [1.29, 1.82) is 0 Å². The molecular weight excluding hydrogens is 408 g/mol. The van der Waals surface area contributed by atoms with Gasteiger partial charge in [0.05, 0.1) is 16.8 Å². The van der Waals surface area contributed by atoms with E-state index in [4.69, 9.17) is 21.1 Å². The lowest BCUT2D eigenvalue weighted by Gasteiger charge is -2.19. The highest BCUT2D eigenvalue weighted by Gasteiger charge is 2.15. The minimum atomic E-state index is -0.610. The van der Waals surface area contributed by atoms with Crippen molar-refractivity contribution >= 4 is 40.9 Å². The lowest BCUT2D eigenvalue weighted by atomic mass is 10.2. The summed E-state index contributed by atoms with van der Waals surface area (Å²) in [5.74, 6) is 0.599. The lowest BCUT2D eigenvalue weighted by Crippen LogP contribution is -2.30. The van der Waals surface area contributed by atoms with Crippen molar-refractivity contribution in [2.45, 2.75) is 11.4 Å². The van der Waals surface area contributed by atoms with Crippen molar-refractivity contribution in [3.63, 3.8) is 0 Å². The molecule has 2 amide bonds. The largest absolute Gasteiger partial charge is 0.486 e. The third kappa shape index (κ3) is 4.76. The molecule has 0 bridgehead atoms. The van der Waals surface area contributed by atoms with Crippen LogP contribution in [0.5, 0.6) is 11.5 Å². The molecule has 1 aliphatic heterocycles. The zero-order valence-electron chi connectivity index (χ0n) is 14.9. The molecule has 0 saturated carbocycles. The molecule has 1 aliphatic rings. The van der Waals surface area contributed by atoms with Crippen LogP contribution in [0.25, 0.3) is 0 Å². The van der Waals surface area contributed by atoms with Gasteiger partial charge in [0.2, 0.25) is 11.8 Å². The molecule has 2 N–H and O–H groups in total. The van der Waals surface area contributed by atoms with Crippen LogP contribution >= 0.6 is 23.4 Å². The van der Waals surface area contributed by atoms with Gasteiger partial charge in [-0.2, -0.15) is 5.10 Å². The van der Waals surface area contributed by atoms with Crippen LogP contribution in [0.4, 0.5) is 5.69 Å². The van der Waals surface area contributed by atoms with Gasteiger partial charge in [-0.05, 0) is 12.1 Å². The van der Waals surface area contributed by atoms with E-state index in [0.717, 1.165) is 16.4 Å². The summed E-state index contributed by atoms with van der Waals surface area (Å²) in [7, 11) is 1.51. The SMILES string of the molecule is CNC(=O)CSc1cnn(CC(=O)Nc2ccc3c(c2)OCCO3)c(=O)c1Cl. The molecule has 0 radical (unpaired) electrons. The molecule has 0 fully saturated rings. The predicted molar refractivity (Wildman–Crippen MR) is 104 cm³/mol. The fraction of sp³-hybridized carbons (Fsp3) is 0.294. The minimum absolute atomic E-state index is 0.0870. The highest BCUT2D eigenvalue weighted by Crippen LogP contribution is 2.32. The van der Waals surface area contributed by atoms with Gasteiger partial charge in [0.15, 0.2) is 11.5 Å². The number of fused-ring (bicyclic) bond motifs is 1. The first-order valence-electron chi connectivity index (χ1n) is 8.26. The number of benzene rings is 1. The first kappa shape index (κ1) is 20.0. The molecule has 0 aliphatic carbocycles. The van der Waals surface area contributed by atoms with Crippen molar-refractivity contribution in [2.75, 3.05) is 31.3 Å². The summed E-state index contributed by atoms with van der Waals surface area (Å²) in [6, 6.07) is 5.02. The molecule has 2 aromatic rings. The highest BCUT2D eigenvalue weighted by atomic mass is 35.5. The molecule has 1 aromatic heterocycles. The third-order valence-electron chi connectivity index (χ3n) is 3.71. The van der Waals surface area contributed by atoms with Crippen LogP contribution in [-0.4, -0.2) is 47.6 Å². The second kappa shape index (κ2) is 8.98. The van der Waals surface area contributed by atoms with Gasteiger partial charge in [0, 0.05) is 18.8 Å². The number of nitrogens with one attached hydrogen (secondary N) is 2. The van der Waals surface area contributed by atoms with Gasteiger partial charge >= 0.3 is 0 Å². The first-order chi connectivity index (χ1) is 13.5. The van der Waals surface area contributed by atoms with Crippen LogP contribution in [-0.2, 0) is 16.1 Å². The molecule has 9 nitrogen and oxygen atoms in total. The number of amides is 2. The molecule has 2 heterocycles. The molecule has 0 saturated heterocycles. The number of nitrogens with zero attached hydrogens (tertiary/aromatic N) is 2. The van der Waals surface area contributed by atoms with Crippen LogP contribution in [0.1, 0.15) is 0 Å². The van der Waals surface area contributed by atoms with E-state index < -0.39 is 11.5 Å². The third-order valence-corrected chi connectivity index (χ3v) is 5.21. The summed E-state index contributed by atoms with van der Waals surface area (Å²) >= 11 is 7.15. The van der Waals surface area contributed by atoms with Gasteiger partial charge in [-0.25, -0.2) is 4.68 Å². The van der Waals surface area contributed by atoms with E-state index in [9.17, 15) is 14.4 Å². The van der Waals surface area contributed by atoms with Gasteiger partial charge in [-0.15, -0.1) is 11.8 Å². The van der Waals surface area contributed by atoms with Crippen molar-refractivity contribution in [1.82, 2.24) is 15.1 Å². The summed E-state index contributed by atoms with van der Waals surface area (Å²) in [6.07, 6.45) is 1.36. The minimum Gasteiger partial charge on any atom is -0.486 e. The average molecular weight is 425 g/mol. The molecule has 11 heteroatoms. The van der Waals surface area contributed by atoms with Crippen LogP contribution in [0, 0.1) is 0 Å². The van der Waals surface area contributed by atoms with Gasteiger partial charge in [0.1, 0.15) is 24.8 Å². The van der Waals surface area contributed by atoms with Crippen LogP contribution in [0.2, 0.25) is 5.02 Å². The fourth-order valence-electron chi connectivity index (χ4n) is 2.34. The number of thioether (sulfide) groups is 1. The Morgan fingerprint density at radius 3 is 2.75 bits per heavy atom. The van der Waals surface area contributed by atoms with Gasteiger partial charge in [0.25, 0.3) is 5.56 Å². The molecule has 28 heavy (non-hydrogen) atoms. The topological polar surface area (TPSA) is 112 Å². The standard InChI is InChI=1S/C17H17ClN4O5S/c1-19-15(24)9-28-13-7-20-22(17(25)16(13)18)8-14(23)21-10-2-3-11-12(6-10)27-5-4-26-11/h2-3,6-7H,4-5,8-9H2,1H3,(H,19,24)(H,21,23). The monoisotopic (exact) mass is 424 g/mol. The van der Waals surface area contributed by atoms with E-state index in [-0.39, 0.29) is 23.2 Å². The number of carbonyl (C=O) groups is 2. The molecule has 148 valence electrons. The van der Waals surface area contributed by atoms with Crippen LogP contribution in [0.3, 0.4) is 0 Å². The Hall–Kier alpha value is -2.72. The van der Waals surface area contributed by atoms with E-state index >= 15 is 0 Å². The van der Waals surface area contributed by atoms with Crippen molar-refractivity contribution in [3.05, 3.63) is 39.8 Å². The van der Waals surface area contributed by atoms with Gasteiger partial charge < -0.3 is 20.1 Å². The number of carbonyl (C=O) groups excluding carboxylic acids is 2. The number of aromatic nitrogens is 2. The summed E-state index contributed by atoms with van der Waals surface area (Å²) < 4.78 is 11.9. The van der Waals surface area contributed by atoms with Crippen molar-refractivity contribution in [2.24, 2.45) is 0 Å². The Kier molecular flexibility index (Phi) is 6.42. The molecule has 1 aromatic carbocycles. The summed E-state index contributed by atoms with van der Waals surface area (Å²) in [6.45, 7) is 0.603. The first-order valence-corrected chi connectivity index (χ1v) is 9.63. The normalized spacial score (nSPS) is 12.4. The van der Waals surface area contributed by atoms with Gasteiger partial charge in [-0.1, -0.05) is 11.6 Å². The summed E-state index contributed by atoms with van der Waals surface area (Å²) in [4.78, 5) is 36.3. The summed E-state index contributed by atoms with van der Waals surface area (Å²) in [5.41, 5.74) is -0.105. The molecular formula is C17H17ClN4O5S. The predicted octanol–water partition coefficient (Wildman–Crippen LogP) is 1.14. The van der Waals surface area contributed by atoms with Crippen molar-refractivity contribution in [3.8, 4) is 11.5 Å². The fourth-order valence-corrected chi connectivity index (χ4v) is 3.41. The van der Waals surface area contributed by atoms with E-state index in [1.165, 1.54) is 13.2 Å². The number of rotatable bonds is 6. The smallest absolute Gasteiger partial charge is 0.287 e. The molecule has 3 rings (SSSR count). The quantitative estimate of drug-likeness (QED) is 0.669. The van der Waals surface area contributed by atoms with Gasteiger partial charge in [-0.3, -0.25) is 14.4 Å². The van der Waals surface area contributed by atoms with Crippen LogP contribution in [0.15, 0.2) is 34.1 Å². The molecule has 0 spiro atoms. The van der Waals surface area contributed by atoms with E-state index in [2.05, 4.69) is 15.7 Å². The van der Waals surface area contributed by atoms with E-state index in [1.807, 2.05) is 0 Å².